The average Bonchev–Trinajstić information content (AvgIpc) is 2.26. The molecule has 0 unspecified atom stereocenters. The van der Waals surface area contributed by atoms with Crippen LogP contribution in [0.5, 0.6) is 0 Å². The summed E-state index contributed by atoms with van der Waals surface area (Å²) in [5.74, 6) is 1.09. The van der Waals surface area contributed by atoms with Crippen LogP contribution in [0, 0.1) is 5.92 Å². The number of carbonyl (C=O) groups excluding carboxylic acids is 1. The van der Waals surface area contributed by atoms with Crippen molar-refractivity contribution in [3.63, 3.8) is 0 Å². The first kappa shape index (κ1) is 11.5. The molecule has 1 saturated heterocycles. The lowest BCUT2D eigenvalue weighted by atomic mass is 9.94. The summed E-state index contributed by atoms with van der Waals surface area (Å²) in [5, 5.41) is 3.36. The number of nitrogens with zero attached hydrogens (tertiary/aromatic N) is 1. The largest absolute Gasteiger partial charge is 0.346 e. The van der Waals surface area contributed by atoms with Crippen LogP contribution >= 0.6 is 0 Å². The molecule has 0 atom stereocenters. The second kappa shape index (κ2) is 6.02. The highest BCUT2D eigenvalue weighted by molar-refractivity contribution is 5.75. The van der Waals surface area contributed by atoms with E-state index in [1.807, 2.05) is 18.9 Å². The number of hydrogen-bond donors (Lipinski definition) is 1. The molecule has 1 N–H and O–H groups in total. The topological polar surface area (TPSA) is 32.3 Å². The molecule has 14 heavy (non-hydrogen) atoms. The van der Waals surface area contributed by atoms with Gasteiger partial charge in [0, 0.05) is 20.0 Å². The van der Waals surface area contributed by atoms with Crippen molar-refractivity contribution < 1.29 is 4.79 Å². The first-order valence-corrected chi connectivity index (χ1v) is 5.68. The molecule has 1 heterocycles. The predicted molar refractivity (Wildman–Crippen MR) is 58.1 cm³/mol. The fourth-order valence-corrected chi connectivity index (χ4v) is 1.94. The van der Waals surface area contributed by atoms with Gasteiger partial charge in [-0.15, -0.1) is 0 Å². The molecule has 0 saturated carbocycles. The minimum absolute atomic E-state index is 0.263. The van der Waals surface area contributed by atoms with E-state index in [4.69, 9.17) is 0 Å². The first-order chi connectivity index (χ1) is 6.74. The molecule has 3 nitrogen and oxygen atoms in total. The Morgan fingerprint density at radius 2 is 2.07 bits per heavy atom. The third-order valence-electron chi connectivity index (χ3n) is 3.06. The summed E-state index contributed by atoms with van der Waals surface area (Å²) in [6, 6.07) is 0. The summed E-state index contributed by atoms with van der Waals surface area (Å²) in [6.45, 7) is 5.15. The van der Waals surface area contributed by atoms with E-state index < -0.39 is 0 Å². The van der Waals surface area contributed by atoms with Crippen molar-refractivity contribution in [2.45, 2.75) is 32.6 Å². The van der Waals surface area contributed by atoms with Crippen molar-refractivity contribution in [1.82, 2.24) is 10.2 Å². The Morgan fingerprint density at radius 3 is 2.64 bits per heavy atom. The molecule has 0 spiro atoms. The van der Waals surface area contributed by atoms with Crippen molar-refractivity contribution in [2.24, 2.45) is 5.92 Å². The monoisotopic (exact) mass is 198 g/mol. The second-order valence-electron chi connectivity index (χ2n) is 4.15. The number of nitrogens with one attached hydrogen (secondary N) is 1. The zero-order valence-electron chi connectivity index (χ0n) is 9.38. The molecule has 1 amide bonds. The van der Waals surface area contributed by atoms with E-state index in [0.717, 1.165) is 25.6 Å². The summed E-state index contributed by atoms with van der Waals surface area (Å²) in [6.07, 6.45) is 4.34. The van der Waals surface area contributed by atoms with Crippen LogP contribution in [0.3, 0.4) is 0 Å². The summed E-state index contributed by atoms with van der Waals surface area (Å²) in [7, 11) is 1.91. The van der Waals surface area contributed by atoms with Crippen molar-refractivity contribution in [1.29, 1.82) is 0 Å². The van der Waals surface area contributed by atoms with Gasteiger partial charge >= 0.3 is 0 Å². The second-order valence-corrected chi connectivity index (χ2v) is 4.15. The van der Waals surface area contributed by atoms with Gasteiger partial charge in [0.25, 0.3) is 0 Å². The van der Waals surface area contributed by atoms with Gasteiger partial charge < -0.3 is 10.2 Å². The van der Waals surface area contributed by atoms with Crippen LogP contribution in [0.4, 0.5) is 0 Å². The van der Waals surface area contributed by atoms with E-state index in [0.29, 0.717) is 6.42 Å². The van der Waals surface area contributed by atoms with E-state index in [2.05, 4.69) is 5.32 Å². The van der Waals surface area contributed by atoms with E-state index in [9.17, 15) is 4.79 Å². The lowest BCUT2D eigenvalue weighted by molar-refractivity contribution is -0.129. The number of hydrogen-bond acceptors (Lipinski definition) is 2. The van der Waals surface area contributed by atoms with Gasteiger partial charge in [-0.2, -0.15) is 0 Å². The summed E-state index contributed by atoms with van der Waals surface area (Å²) in [5.41, 5.74) is 0. The molecular weight excluding hydrogens is 176 g/mol. The van der Waals surface area contributed by atoms with Gasteiger partial charge in [0.2, 0.25) is 5.91 Å². The van der Waals surface area contributed by atoms with Gasteiger partial charge in [0.15, 0.2) is 0 Å². The fraction of sp³-hybridized carbons (Fsp3) is 0.909. The third kappa shape index (κ3) is 3.66. The van der Waals surface area contributed by atoms with E-state index in [1.165, 1.54) is 19.3 Å². The molecule has 0 aromatic rings. The van der Waals surface area contributed by atoms with Gasteiger partial charge in [0.1, 0.15) is 0 Å². The van der Waals surface area contributed by atoms with Gasteiger partial charge in [-0.25, -0.2) is 0 Å². The minimum Gasteiger partial charge on any atom is -0.346 e. The van der Waals surface area contributed by atoms with Gasteiger partial charge in [0.05, 0.1) is 0 Å². The maximum Gasteiger partial charge on any atom is 0.222 e. The van der Waals surface area contributed by atoms with E-state index in [1.54, 1.807) is 0 Å². The van der Waals surface area contributed by atoms with Crippen LogP contribution in [0.1, 0.15) is 32.6 Å². The lowest BCUT2D eigenvalue weighted by Crippen LogP contribution is -2.32. The summed E-state index contributed by atoms with van der Waals surface area (Å²) < 4.78 is 0. The maximum absolute atomic E-state index is 11.3. The normalized spacial score (nSPS) is 18.1. The van der Waals surface area contributed by atoms with Gasteiger partial charge in [-0.1, -0.05) is 6.92 Å². The van der Waals surface area contributed by atoms with Gasteiger partial charge in [-0.05, 0) is 38.3 Å². The molecule has 0 aliphatic carbocycles. The molecule has 1 fully saturated rings. The number of rotatable bonds is 4. The molecular formula is C11H22N2O. The Hall–Kier alpha value is -0.570. The zero-order valence-corrected chi connectivity index (χ0v) is 9.38. The van der Waals surface area contributed by atoms with Crippen LogP contribution < -0.4 is 5.32 Å². The molecule has 82 valence electrons. The molecule has 0 radical (unpaired) electrons. The van der Waals surface area contributed by atoms with Crippen LogP contribution in [0.15, 0.2) is 0 Å². The number of carbonyl (C=O) groups is 1. The number of amides is 1. The highest BCUT2D eigenvalue weighted by atomic mass is 16.2. The predicted octanol–water partition coefficient (Wildman–Crippen LogP) is 1.24. The molecule has 0 aromatic carbocycles. The highest BCUT2D eigenvalue weighted by Gasteiger charge is 2.14. The molecule has 1 aliphatic heterocycles. The molecule has 1 rings (SSSR count). The highest BCUT2D eigenvalue weighted by Crippen LogP contribution is 2.15. The number of piperidine rings is 1. The van der Waals surface area contributed by atoms with Crippen molar-refractivity contribution >= 4 is 5.91 Å². The Kier molecular flexibility index (Phi) is 4.94. The van der Waals surface area contributed by atoms with Crippen molar-refractivity contribution in [3.05, 3.63) is 0 Å². The quantitative estimate of drug-likeness (QED) is 0.737. The molecule has 0 bridgehead atoms. The van der Waals surface area contributed by atoms with Crippen LogP contribution in [0.2, 0.25) is 0 Å². The lowest BCUT2D eigenvalue weighted by Gasteiger charge is -2.25. The average molecular weight is 198 g/mol. The zero-order chi connectivity index (χ0) is 10.4. The van der Waals surface area contributed by atoms with Crippen LogP contribution in [-0.2, 0) is 4.79 Å². The Bertz CT molecular complexity index is 176. The molecule has 0 aromatic heterocycles. The minimum atomic E-state index is 0.263. The SMILES string of the molecule is CCC(=O)N(C)CCC1CCNCC1. The molecule has 1 aliphatic rings. The summed E-state index contributed by atoms with van der Waals surface area (Å²) >= 11 is 0. The van der Waals surface area contributed by atoms with Gasteiger partial charge in [-0.3, -0.25) is 4.79 Å². The van der Waals surface area contributed by atoms with E-state index >= 15 is 0 Å². The maximum atomic E-state index is 11.3. The van der Waals surface area contributed by atoms with E-state index in [-0.39, 0.29) is 5.91 Å². The standard InChI is InChI=1S/C11H22N2O/c1-3-11(14)13(2)9-6-10-4-7-12-8-5-10/h10,12H,3-9H2,1-2H3. The fourth-order valence-electron chi connectivity index (χ4n) is 1.94. The smallest absolute Gasteiger partial charge is 0.222 e. The third-order valence-corrected chi connectivity index (χ3v) is 3.06. The summed E-state index contributed by atoms with van der Waals surface area (Å²) in [4.78, 5) is 13.2. The Labute approximate surface area is 86.9 Å². The van der Waals surface area contributed by atoms with Crippen molar-refractivity contribution in [3.8, 4) is 0 Å². The van der Waals surface area contributed by atoms with Crippen LogP contribution in [-0.4, -0.2) is 37.5 Å². The Morgan fingerprint density at radius 1 is 1.43 bits per heavy atom. The molecule has 3 heteroatoms. The Balaban J connectivity index is 2.15. The first-order valence-electron chi connectivity index (χ1n) is 5.68. The van der Waals surface area contributed by atoms with Crippen LogP contribution in [0.25, 0.3) is 0 Å². The van der Waals surface area contributed by atoms with Crippen molar-refractivity contribution in [2.75, 3.05) is 26.7 Å².